The largest absolute Gasteiger partial charge is 0.378 e. The van der Waals surface area contributed by atoms with Crippen LogP contribution in [0.5, 0.6) is 0 Å². The summed E-state index contributed by atoms with van der Waals surface area (Å²) < 4.78 is 0. The van der Waals surface area contributed by atoms with Crippen LogP contribution in [0.25, 0.3) is 0 Å². The third kappa shape index (κ3) is 2.15. The predicted octanol–water partition coefficient (Wildman–Crippen LogP) is 1.95. The number of aliphatic hydroxyl groups is 1. The summed E-state index contributed by atoms with van der Waals surface area (Å²) in [6.07, 6.45) is 0.319. The zero-order chi connectivity index (χ0) is 11.5. The number of nitro groups is 1. The van der Waals surface area contributed by atoms with Gasteiger partial charge in [0.2, 0.25) is 6.04 Å². The van der Waals surface area contributed by atoms with Crippen molar-refractivity contribution in [3.8, 4) is 0 Å². The minimum Gasteiger partial charge on any atom is -0.378 e. The Kier molecular flexibility index (Phi) is 3.42. The maximum Gasteiger partial charge on any atom is 0.242 e. The second-order valence-corrected chi connectivity index (χ2v) is 3.61. The Morgan fingerprint density at radius 1 is 1.47 bits per heavy atom. The van der Waals surface area contributed by atoms with Gasteiger partial charge in [-0.15, -0.1) is 0 Å². The topological polar surface area (TPSA) is 63.4 Å². The lowest BCUT2D eigenvalue weighted by atomic mass is 9.85. The van der Waals surface area contributed by atoms with Crippen molar-refractivity contribution < 1.29 is 10.0 Å². The monoisotopic (exact) mass is 209 g/mol. The van der Waals surface area contributed by atoms with Crippen LogP contribution in [-0.4, -0.2) is 16.1 Å². The zero-order valence-corrected chi connectivity index (χ0v) is 8.88. The maximum absolute atomic E-state index is 10.7. The van der Waals surface area contributed by atoms with Crippen molar-refractivity contribution in [3.05, 3.63) is 46.0 Å². The third-order valence-corrected chi connectivity index (χ3v) is 2.82. The fraction of sp³-hybridized carbons (Fsp3) is 0.455. The predicted molar refractivity (Wildman–Crippen MR) is 57.1 cm³/mol. The van der Waals surface area contributed by atoms with Crippen molar-refractivity contribution in [1.29, 1.82) is 0 Å². The van der Waals surface area contributed by atoms with Crippen LogP contribution in [-0.2, 0) is 5.60 Å². The highest BCUT2D eigenvalue weighted by Crippen LogP contribution is 2.29. The highest BCUT2D eigenvalue weighted by Gasteiger charge is 2.41. The van der Waals surface area contributed by atoms with Crippen LogP contribution >= 0.6 is 0 Å². The number of nitrogens with zero attached hydrogens (tertiary/aromatic N) is 1. The van der Waals surface area contributed by atoms with E-state index >= 15 is 0 Å². The van der Waals surface area contributed by atoms with Gasteiger partial charge < -0.3 is 5.11 Å². The molecule has 0 fully saturated rings. The molecule has 1 aromatic rings. The number of rotatable bonds is 4. The standard InChI is InChI=1S/C11H15NO3/c1-3-11(13,9(2)12(14)15)10-7-5-4-6-8-10/h4-9,13H,3H2,1-2H3/t9-,11+/m1/s1. The van der Waals surface area contributed by atoms with Crippen molar-refractivity contribution in [1.82, 2.24) is 0 Å². The summed E-state index contributed by atoms with van der Waals surface area (Å²) in [5, 5.41) is 21.0. The van der Waals surface area contributed by atoms with E-state index in [1.807, 2.05) is 6.07 Å². The lowest BCUT2D eigenvalue weighted by Gasteiger charge is -2.27. The second kappa shape index (κ2) is 4.40. The highest BCUT2D eigenvalue weighted by atomic mass is 16.6. The van der Waals surface area contributed by atoms with Gasteiger partial charge in [-0.3, -0.25) is 10.1 Å². The summed E-state index contributed by atoms with van der Waals surface area (Å²) in [5.74, 6) is 0. The molecule has 0 bridgehead atoms. The van der Waals surface area contributed by atoms with E-state index in [1.165, 1.54) is 6.92 Å². The maximum atomic E-state index is 10.7. The lowest BCUT2D eigenvalue weighted by molar-refractivity contribution is -0.543. The van der Waals surface area contributed by atoms with Gasteiger partial charge in [-0.1, -0.05) is 37.3 Å². The van der Waals surface area contributed by atoms with Gasteiger partial charge in [-0.05, 0) is 12.0 Å². The molecule has 2 atom stereocenters. The van der Waals surface area contributed by atoms with Gasteiger partial charge in [-0.2, -0.15) is 0 Å². The summed E-state index contributed by atoms with van der Waals surface area (Å²) in [5.41, 5.74) is -0.790. The van der Waals surface area contributed by atoms with Crippen LogP contribution in [0.15, 0.2) is 30.3 Å². The molecule has 0 aliphatic carbocycles. The van der Waals surface area contributed by atoms with Crippen LogP contribution in [0.2, 0.25) is 0 Å². The highest BCUT2D eigenvalue weighted by molar-refractivity contribution is 5.23. The first kappa shape index (κ1) is 11.7. The Morgan fingerprint density at radius 2 is 2.00 bits per heavy atom. The van der Waals surface area contributed by atoms with E-state index in [-0.39, 0.29) is 0 Å². The smallest absolute Gasteiger partial charge is 0.242 e. The molecular weight excluding hydrogens is 194 g/mol. The summed E-state index contributed by atoms with van der Waals surface area (Å²) in [6, 6.07) is 7.76. The Labute approximate surface area is 88.7 Å². The average Bonchev–Trinajstić information content (AvgIpc) is 2.28. The first-order valence-corrected chi connectivity index (χ1v) is 4.93. The van der Waals surface area contributed by atoms with E-state index in [0.29, 0.717) is 12.0 Å². The number of benzene rings is 1. The van der Waals surface area contributed by atoms with Crippen molar-refractivity contribution in [2.45, 2.75) is 31.9 Å². The summed E-state index contributed by atoms with van der Waals surface area (Å²) in [7, 11) is 0. The van der Waals surface area contributed by atoms with Gasteiger partial charge in [0.15, 0.2) is 5.60 Å². The molecule has 0 saturated heterocycles. The Morgan fingerprint density at radius 3 is 2.40 bits per heavy atom. The first-order valence-electron chi connectivity index (χ1n) is 4.93. The minimum absolute atomic E-state index is 0.319. The molecule has 0 spiro atoms. The van der Waals surface area contributed by atoms with Gasteiger partial charge in [0.25, 0.3) is 0 Å². The van der Waals surface area contributed by atoms with Crippen LogP contribution < -0.4 is 0 Å². The van der Waals surface area contributed by atoms with Crippen LogP contribution in [0.1, 0.15) is 25.8 Å². The lowest BCUT2D eigenvalue weighted by Crippen LogP contribution is -2.42. The molecule has 4 heteroatoms. The fourth-order valence-corrected chi connectivity index (χ4v) is 1.64. The van der Waals surface area contributed by atoms with Gasteiger partial charge in [-0.25, -0.2) is 0 Å². The van der Waals surface area contributed by atoms with E-state index in [2.05, 4.69) is 0 Å². The minimum atomic E-state index is -1.38. The van der Waals surface area contributed by atoms with Gasteiger partial charge in [0.05, 0.1) is 0 Å². The molecule has 15 heavy (non-hydrogen) atoms. The molecule has 0 unspecified atom stereocenters. The molecule has 1 rings (SSSR count). The Balaban J connectivity index is 3.11. The van der Waals surface area contributed by atoms with E-state index in [0.717, 1.165) is 0 Å². The molecule has 0 heterocycles. The van der Waals surface area contributed by atoms with Crippen molar-refractivity contribution >= 4 is 0 Å². The molecule has 4 nitrogen and oxygen atoms in total. The summed E-state index contributed by atoms with van der Waals surface area (Å²) >= 11 is 0. The number of hydrogen-bond donors (Lipinski definition) is 1. The van der Waals surface area contributed by atoms with Crippen molar-refractivity contribution in [2.75, 3.05) is 0 Å². The Hall–Kier alpha value is -1.42. The molecule has 0 radical (unpaired) electrons. The molecule has 0 aliphatic rings. The van der Waals surface area contributed by atoms with E-state index in [4.69, 9.17) is 0 Å². The van der Waals surface area contributed by atoms with Crippen LogP contribution in [0, 0.1) is 10.1 Å². The van der Waals surface area contributed by atoms with E-state index < -0.39 is 16.6 Å². The molecule has 0 saturated carbocycles. The summed E-state index contributed by atoms with van der Waals surface area (Å²) in [6.45, 7) is 3.17. The molecule has 0 aliphatic heterocycles. The first-order chi connectivity index (χ1) is 7.02. The molecule has 1 N–H and O–H groups in total. The zero-order valence-electron chi connectivity index (χ0n) is 8.88. The second-order valence-electron chi connectivity index (χ2n) is 3.61. The van der Waals surface area contributed by atoms with Gasteiger partial charge in [0.1, 0.15) is 0 Å². The van der Waals surface area contributed by atoms with E-state index in [1.54, 1.807) is 31.2 Å². The third-order valence-electron chi connectivity index (χ3n) is 2.82. The van der Waals surface area contributed by atoms with E-state index in [9.17, 15) is 15.2 Å². The Bertz CT molecular complexity index is 339. The molecule has 0 aromatic heterocycles. The normalized spacial score (nSPS) is 16.7. The quantitative estimate of drug-likeness (QED) is 0.609. The molecular formula is C11H15NO3. The van der Waals surface area contributed by atoms with Crippen LogP contribution in [0.4, 0.5) is 0 Å². The van der Waals surface area contributed by atoms with Crippen LogP contribution in [0.3, 0.4) is 0 Å². The van der Waals surface area contributed by atoms with Gasteiger partial charge in [0, 0.05) is 11.8 Å². The van der Waals surface area contributed by atoms with Gasteiger partial charge >= 0.3 is 0 Å². The molecule has 1 aromatic carbocycles. The SMILES string of the molecule is CC[C@@](O)(c1ccccc1)[C@@H](C)[N+](=O)[O-]. The van der Waals surface area contributed by atoms with Crippen molar-refractivity contribution in [3.63, 3.8) is 0 Å². The average molecular weight is 209 g/mol. The summed E-state index contributed by atoms with van der Waals surface area (Å²) in [4.78, 5) is 10.3. The number of hydrogen-bond acceptors (Lipinski definition) is 3. The van der Waals surface area contributed by atoms with Crippen molar-refractivity contribution in [2.24, 2.45) is 0 Å². The fourth-order valence-electron chi connectivity index (χ4n) is 1.64. The molecule has 82 valence electrons. The molecule has 0 amide bonds.